The van der Waals surface area contributed by atoms with E-state index in [1.54, 1.807) is 31.3 Å². The molecule has 0 radical (unpaired) electrons. The summed E-state index contributed by atoms with van der Waals surface area (Å²) in [7, 11) is -0.834. The third-order valence-corrected chi connectivity index (χ3v) is 6.29. The zero-order valence-corrected chi connectivity index (χ0v) is 18.5. The van der Waals surface area contributed by atoms with Crippen molar-refractivity contribution >= 4 is 32.5 Å². The lowest BCUT2D eigenvalue weighted by molar-refractivity contribution is 0.0792. The Morgan fingerprint density at radius 2 is 1.97 bits per heavy atom. The van der Waals surface area contributed by atoms with Crippen molar-refractivity contribution in [1.82, 2.24) is 9.88 Å². The summed E-state index contributed by atoms with van der Waals surface area (Å²) in [6.45, 7) is 2.55. The zero-order valence-electron chi connectivity index (χ0n) is 17.6. The van der Waals surface area contributed by atoms with Gasteiger partial charge in [0.2, 0.25) is 5.43 Å². The zero-order chi connectivity index (χ0) is 22.6. The van der Waals surface area contributed by atoms with Crippen LogP contribution in [0.15, 0.2) is 58.4 Å². The summed E-state index contributed by atoms with van der Waals surface area (Å²) in [4.78, 5) is 30.0. The molecule has 0 fully saturated rings. The number of aromatic nitrogens is 1. The molecule has 0 aliphatic rings. The standard InChI is InChI=1S/C22H25N3O5S/c1-4-5-11-25(2)22(27)19-14-23-20-10-9-17(13-18(20)21(19)26)31(28,29)24-15-7-6-8-16(12-15)30-3/h6-10,12-14,24H,4-5,11H2,1-3H3,(H,23,26). The number of rotatable bonds is 8. The van der Waals surface area contributed by atoms with E-state index < -0.39 is 21.4 Å². The molecule has 164 valence electrons. The van der Waals surface area contributed by atoms with E-state index >= 15 is 0 Å². The Morgan fingerprint density at radius 1 is 1.19 bits per heavy atom. The largest absolute Gasteiger partial charge is 0.497 e. The fraction of sp³-hybridized carbons (Fsp3) is 0.273. The number of unbranched alkanes of at least 4 members (excludes halogenated alkanes) is 1. The van der Waals surface area contributed by atoms with Crippen LogP contribution >= 0.6 is 0 Å². The van der Waals surface area contributed by atoms with E-state index in [-0.39, 0.29) is 15.8 Å². The van der Waals surface area contributed by atoms with Gasteiger partial charge >= 0.3 is 0 Å². The molecular formula is C22H25N3O5S. The van der Waals surface area contributed by atoms with Crippen LogP contribution in [0.5, 0.6) is 5.75 Å². The molecule has 0 spiro atoms. The second kappa shape index (κ2) is 9.22. The first-order valence-electron chi connectivity index (χ1n) is 9.84. The molecule has 0 atom stereocenters. The lowest BCUT2D eigenvalue weighted by Gasteiger charge is -2.16. The van der Waals surface area contributed by atoms with Gasteiger partial charge in [-0.05, 0) is 36.8 Å². The summed E-state index contributed by atoms with van der Waals surface area (Å²) < 4.78 is 33.3. The van der Waals surface area contributed by atoms with Crippen molar-refractivity contribution in [2.45, 2.75) is 24.7 Å². The molecule has 9 heteroatoms. The molecule has 0 saturated carbocycles. The maximum Gasteiger partial charge on any atom is 0.261 e. The van der Waals surface area contributed by atoms with Gasteiger partial charge < -0.3 is 14.6 Å². The number of fused-ring (bicyclic) bond motifs is 1. The van der Waals surface area contributed by atoms with E-state index in [1.165, 1.54) is 36.4 Å². The predicted molar refractivity (Wildman–Crippen MR) is 120 cm³/mol. The summed E-state index contributed by atoms with van der Waals surface area (Å²) in [6.07, 6.45) is 3.12. The molecule has 0 aliphatic carbocycles. The Labute approximate surface area is 180 Å². The molecule has 8 nitrogen and oxygen atoms in total. The van der Waals surface area contributed by atoms with Crippen LogP contribution in [0.4, 0.5) is 5.69 Å². The number of hydrogen-bond donors (Lipinski definition) is 2. The van der Waals surface area contributed by atoms with Crippen LogP contribution in [-0.2, 0) is 10.0 Å². The molecule has 1 amide bonds. The molecule has 1 heterocycles. The van der Waals surface area contributed by atoms with Gasteiger partial charge in [0.05, 0.1) is 17.7 Å². The molecule has 2 aromatic carbocycles. The molecular weight excluding hydrogens is 418 g/mol. The van der Waals surface area contributed by atoms with Crippen molar-refractivity contribution in [2.24, 2.45) is 0 Å². The number of H-pyrrole nitrogens is 1. The summed E-state index contributed by atoms with van der Waals surface area (Å²) in [5.41, 5.74) is 0.231. The highest BCUT2D eigenvalue weighted by atomic mass is 32.2. The second-order valence-electron chi connectivity index (χ2n) is 7.16. The molecule has 0 aliphatic heterocycles. The number of methoxy groups -OCH3 is 1. The highest BCUT2D eigenvalue weighted by molar-refractivity contribution is 7.92. The minimum atomic E-state index is -3.96. The third kappa shape index (κ3) is 4.88. The van der Waals surface area contributed by atoms with Gasteiger partial charge in [-0.3, -0.25) is 14.3 Å². The van der Waals surface area contributed by atoms with Gasteiger partial charge in [0, 0.05) is 36.8 Å². The van der Waals surface area contributed by atoms with Crippen LogP contribution in [-0.4, -0.2) is 44.9 Å². The Balaban J connectivity index is 1.98. The van der Waals surface area contributed by atoms with Gasteiger partial charge in [0.25, 0.3) is 15.9 Å². The number of nitrogens with one attached hydrogen (secondary N) is 2. The fourth-order valence-corrected chi connectivity index (χ4v) is 4.20. The first-order valence-corrected chi connectivity index (χ1v) is 11.3. The second-order valence-corrected chi connectivity index (χ2v) is 8.84. The minimum Gasteiger partial charge on any atom is -0.497 e. The average Bonchev–Trinajstić information content (AvgIpc) is 2.77. The Hall–Kier alpha value is -3.33. The molecule has 0 unspecified atom stereocenters. The van der Waals surface area contributed by atoms with E-state index in [0.29, 0.717) is 23.5 Å². The van der Waals surface area contributed by atoms with E-state index in [4.69, 9.17) is 4.74 Å². The van der Waals surface area contributed by atoms with Crippen molar-refractivity contribution in [1.29, 1.82) is 0 Å². The van der Waals surface area contributed by atoms with Gasteiger partial charge in [-0.25, -0.2) is 8.42 Å². The van der Waals surface area contributed by atoms with E-state index in [9.17, 15) is 18.0 Å². The summed E-state index contributed by atoms with van der Waals surface area (Å²) in [5.74, 6) is 0.102. The normalized spacial score (nSPS) is 11.3. The van der Waals surface area contributed by atoms with Crippen molar-refractivity contribution in [3.05, 3.63) is 64.4 Å². The number of nitrogens with zero attached hydrogens (tertiary/aromatic N) is 1. The quantitative estimate of drug-likeness (QED) is 0.556. The van der Waals surface area contributed by atoms with Crippen molar-refractivity contribution in [3.8, 4) is 5.75 Å². The van der Waals surface area contributed by atoms with Crippen LogP contribution in [0.3, 0.4) is 0 Å². The van der Waals surface area contributed by atoms with Gasteiger partial charge in [0.15, 0.2) is 0 Å². The minimum absolute atomic E-state index is 0.0265. The maximum atomic E-state index is 13.0. The number of aromatic amines is 1. The van der Waals surface area contributed by atoms with Gasteiger partial charge in [-0.2, -0.15) is 0 Å². The number of ether oxygens (including phenoxy) is 1. The number of amides is 1. The average molecular weight is 444 g/mol. The first kappa shape index (κ1) is 22.4. The number of hydrogen-bond acceptors (Lipinski definition) is 5. The summed E-state index contributed by atoms with van der Waals surface area (Å²) >= 11 is 0. The predicted octanol–water partition coefficient (Wildman–Crippen LogP) is 3.21. The molecule has 0 bridgehead atoms. The number of carbonyl (C=O) groups is 1. The first-order chi connectivity index (χ1) is 14.8. The monoisotopic (exact) mass is 443 g/mol. The van der Waals surface area contributed by atoms with Gasteiger partial charge in [-0.15, -0.1) is 0 Å². The number of carbonyl (C=O) groups excluding carboxylic acids is 1. The van der Waals surface area contributed by atoms with Crippen molar-refractivity contribution < 1.29 is 17.9 Å². The number of sulfonamides is 1. The summed E-state index contributed by atoms with van der Waals surface area (Å²) in [5, 5.41) is 0.128. The highest BCUT2D eigenvalue weighted by Gasteiger charge is 2.20. The third-order valence-electron chi connectivity index (χ3n) is 4.91. The van der Waals surface area contributed by atoms with Crippen LogP contribution in [0.1, 0.15) is 30.1 Å². The smallest absolute Gasteiger partial charge is 0.261 e. The molecule has 1 aromatic heterocycles. The fourth-order valence-electron chi connectivity index (χ4n) is 3.13. The molecule has 0 saturated heterocycles. The maximum absolute atomic E-state index is 13.0. The van der Waals surface area contributed by atoms with E-state index in [0.717, 1.165) is 12.8 Å². The highest BCUT2D eigenvalue weighted by Crippen LogP contribution is 2.22. The SMILES string of the molecule is CCCCN(C)C(=O)c1c[nH]c2ccc(S(=O)(=O)Nc3cccc(OC)c3)cc2c1=O. The number of pyridine rings is 1. The molecule has 2 N–H and O–H groups in total. The Morgan fingerprint density at radius 3 is 2.68 bits per heavy atom. The Kier molecular flexibility index (Phi) is 6.65. The number of anilines is 1. The van der Waals surface area contributed by atoms with Crippen LogP contribution in [0.25, 0.3) is 10.9 Å². The van der Waals surface area contributed by atoms with Crippen molar-refractivity contribution in [3.63, 3.8) is 0 Å². The van der Waals surface area contributed by atoms with Crippen LogP contribution in [0, 0.1) is 0 Å². The van der Waals surface area contributed by atoms with Gasteiger partial charge in [0.1, 0.15) is 11.3 Å². The molecule has 3 rings (SSSR count). The van der Waals surface area contributed by atoms with Crippen molar-refractivity contribution in [2.75, 3.05) is 25.4 Å². The topological polar surface area (TPSA) is 109 Å². The van der Waals surface area contributed by atoms with Crippen LogP contribution < -0.4 is 14.9 Å². The van der Waals surface area contributed by atoms with Crippen LogP contribution in [0.2, 0.25) is 0 Å². The molecule has 31 heavy (non-hydrogen) atoms. The number of benzene rings is 2. The van der Waals surface area contributed by atoms with Gasteiger partial charge in [-0.1, -0.05) is 19.4 Å². The van der Waals surface area contributed by atoms with E-state index in [1.807, 2.05) is 6.92 Å². The lowest BCUT2D eigenvalue weighted by atomic mass is 10.1. The summed E-state index contributed by atoms with van der Waals surface area (Å²) in [6, 6.07) is 10.7. The Bertz CT molecular complexity index is 1270. The lowest BCUT2D eigenvalue weighted by Crippen LogP contribution is -2.32. The van der Waals surface area contributed by atoms with E-state index in [2.05, 4.69) is 9.71 Å². The molecule has 3 aromatic rings.